The fraction of sp³-hybridized carbons (Fsp3) is 0.533. The lowest BCUT2D eigenvalue weighted by molar-refractivity contribution is 0.276. The molecule has 0 radical (unpaired) electrons. The number of hydrogen-bond donors (Lipinski definition) is 1. The Kier molecular flexibility index (Phi) is 5.96. The number of aliphatic hydroxyl groups is 1. The van der Waals surface area contributed by atoms with E-state index >= 15 is 0 Å². The second kappa shape index (κ2) is 6.86. The highest BCUT2D eigenvalue weighted by Crippen LogP contribution is 2.36. The minimum Gasteiger partial charge on any atom is -0.556 e. The molecule has 3 nitrogen and oxygen atoms in total. The molecule has 111 valence electrons. The standard InChI is InChI=1S/C15H22BrNO2Si/c1-15(2,3)20(4,5)19-8-6-7-12-9-13(16)10-17-14(12)11-18/h9-10,18H,8,11H2,1-5H3/q-1. The first kappa shape index (κ1) is 17.4. The summed E-state index contributed by atoms with van der Waals surface area (Å²) >= 11 is 3.36. The number of hydrogen-bond acceptors (Lipinski definition) is 3. The molecule has 0 aliphatic heterocycles. The quantitative estimate of drug-likeness (QED) is 0.663. The molecule has 0 unspecified atom stereocenters. The smallest absolute Gasteiger partial charge is 0.0865 e. The predicted molar refractivity (Wildman–Crippen MR) is 87.9 cm³/mol. The number of aromatic nitrogens is 1. The second-order valence-electron chi connectivity index (χ2n) is 6.16. The summed E-state index contributed by atoms with van der Waals surface area (Å²) in [6.45, 7) is 11.3. The van der Waals surface area contributed by atoms with Gasteiger partial charge in [0, 0.05) is 16.2 Å². The van der Waals surface area contributed by atoms with Crippen LogP contribution >= 0.6 is 15.9 Å². The molecule has 0 bridgehead atoms. The van der Waals surface area contributed by atoms with E-state index in [1.54, 1.807) is 6.20 Å². The summed E-state index contributed by atoms with van der Waals surface area (Å²) < 4.78 is 6.84. The monoisotopic (exact) mass is 355 g/mol. The third-order valence-corrected chi connectivity index (χ3v) is 8.53. The number of halogens is 1. The van der Waals surface area contributed by atoms with Crippen LogP contribution in [0.15, 0.2) is 16.7 Å². The van der Waals surface area contributed by atoms with E-state index in [-0.39, 0.29) is 11.6 Å². The Morgan fingerprint density at radius 1 is 1.40 bits per heavy atom. The normalized spacial score (nSPS) is 11.9. The number of nitrogens with zero attached hydrogens (tertiary/aromatic N) is 1. The van der Waals surface area contributed by atoms with Crippen LogP contribution < -0.4 is 0 Å². The van der Waals surface area contributed by atoms with Crippen molar-refractivity contribution in [1.82, 2.24) is 4.98 Å². The van der Waals surface area contributed by atoms with Crippen molar-refractivity contribution in [3.8, 4) is 11.8 Å². The average Bonchev–Trinajstić information content (AvgIpc) is 2.33. The molecule has 20 heavy (non-hydrogen) atoms. The topological polar surface area (TPSA) is 42.4 Å². The molecule has 0 fully saturated rings. The van der Waals surface area contributed by atoms with Crippen LogP contribution in [-0.4, -0.2) is 25.0 Å². The molecule has 1 rings (SSSR count). The molecule has 5 heteroatoms. The van der Waals surface area contributed by atoms with Crippen LogP contribution in [0.1, 0.15) is 32.0 Å². The Morgan fingerprint density at radius 3 is 2.60 bits per heavy atom. The van der Waals surface area contributed by atoms with Crippen LogP contribution in [0.5, 0.6) is 0 Å². The van der Waals surface area contributed by atoms with Crippen LogP contribution in [0, 0.1) is 11.8 Å². The highest BCUT2D eigenvalue weighted by molar-refractivity contribution is 9.10. The maximum absolute atomic E-state index is 9.23. The molecule has 0 saturated carbocycles. The summed E-state index contributed by atoms with van der Waals surface area (Å²) in [5, 5.41) is 9.41. The van der Waals surface area contributed by atoms with Crippen LogP contribution in [0.2, 0.25) is 18.1 Å². The SMILES string of the molecule is CC(C)(C)[Si-](C)(C)OCC#Cc1cc(Br)cnc1CO. The zero-order chi connectivity index (χ0) is 15.4. The largest absolute Gasteiger partial charge is 0.556 e. The van der Waals surface area contributed by atoms with Gasteiger partial charge in [0.1, 0.15) is 0 Å². The molecule has 1 heterocycles. The van der Waals surface area contributed by atoms with Gasteiger partial charge in [0.15, 0.2) is 0 Å². The van der Waals surface area contributed by atoms with Gasteiger partial charge >= 0.3 is 0 Å². The van der Waals surface area contributed by atoms with Crippen molar-refractivity contribution < 1.29 is 9.53 Å². The van der Waals surface area contributed by atoms with Gasteiger partial charge in [-0.2, -0.15) is 0 Å². The highest BCUT2D eigenvalue weighted by atomic mass is 79.9. The molecule has 0 aliphatic carbocycles. The Bertz CT molecular complexity index is 527. The fourth-order valence-electron chi connectivity index (χ4n) is 1.27. The summed E-state index contributed by atoms with van der Waals surface area (Å²) in [5.74, 6) is 6.05. The van der Waals surface area contributed by atoms with E-state index in [1.807, 2.05) is 6.07 Å². The molecule has 0 amide bonds. The Labute approximate surface area is 131 Å². The first-order valence-electron chi connectivity index (χ1n) is 6.55. The summed E-state index contributed by atoms with van der Waals surface area (Å²) in [6.07, 6.45) is 1.66. The van der Waals surface area contributed by atoms with E-state index in [1.165, 1.54) is 0 Å². The molecule has 1 N–H and O–H groups in total. The van der Waals surface area contributed by atoms with Gasteiger partial charge in [-0.25, -0.2) is 0 Å². The van der Waals surface area contributed by atoms with Crippen molar-refractivity contribution in [3.05, 3.63) is 28.0 Å². The van der Waals surface area contributed by atoms with Crippen molar-refractivity contribution in [2.24, 2.45) is 0 Å². The third-order valence-electron chi connectivity index (χ3n) is 3.62. The lowest BCUT2D eigenvalue weighted by Gasteiger charge is -2.47. The summed E-state index contributed by atoms with van der Waals surface area (Å²) in [5.41, 5.74) is 1.33. The van der Waals surface area contributed by atoms with Crippen LogP contribution in [-0.2, 0) is 11.0 Å². The van der Waals surface area contributed by atoms with Crippen LogP contribution in [0.4, 0.5) is 0 Å². The van der Waals surface area contributed by atoms with E-state index in [2.05, 4.69) is 66.6 Å². The number of aliphatic hydroxyl groups excluding tert-OH is 1. The van der Waals surface area contributed by atoms with E-state index in [0.29, 0.717) is 12.3 Å². The van der Waals surface area contributed by atoms with E-state index < -0.39 is 8.32 Å². The van der Waals surface area contributed by atoms with Gasteiger partial charge in [-0.05, 0) is 30.3 Å². The molecular formula is C15H22BrNO2Si-. The lowest BCUT2D eigenvalue weighted by atomic mass is 10.2. The molecule has 0 aromatic carbocycles. The van der Waals surface area contributed by atoms with Gasteiger partial charge in [0.05, 0.1) is 18.9 Å². The third kappa shape index (κ3) is 4.71. The summed E-state index contributed by atoms with van der Waals surface area (Å²) in [7, 11) is -1.75. The molecule has 0 spiro atoms. The molecule has 1 aromatic rings. The van der Waals surface area contributed by atoms with Crippen molar-refractivity contribution >= 4 is 24.2 Å². The van der Waals surface area contributed by atoms with Crippen LogP contribution in [0.3, 0.4) is 0 Å². The van der Waals surface area contributed by atoms with Crippen molar-refractivity contribution in [3.63, 3.8) is 0 Å². The number of rotatable bonds is 3. The Morgan fingerprint density at radius 2 is 2.05 bits per heavy atom. The molecule has 0 aliphatic rings. The van der Waals surface area contributed by atoms with Crippen molar-refractivity contribution in [2.75, 3.05) is 6.61 Å². The fourth-order valence-corrected chi connectivity index (χ4v) is 2.46. The average molecular weight is 356 g/mol. The Balaban J connectivity index is 2.75. The zero-order valence-corrected chi connectivity index (χ0v) is 15.3. The molecule has 1 aromatic heterocycles. The van der Waals surface area contributed by atoms with Crippen molar-refractivity contribution in [1.29, 1.82) is 0 Å². The first-order chi connectivity index (χ1) is 9.17. The van der Waals surface area contributed by atoms with Gasteiger partial charge in [-0.1, -0.05) is 32.6 Å². The molecule has 0 saturated heterocycles. The van der Waals surface area contributed by atoms with Gasteiger partial charge in [0.2, 0.25) is 0 Å². The molecular weight excluding hydrogens is 334 g/mol. The first-order valence-corrected chi connectivity index (χ1v) is 10.3. The highest BCUT2D eigenvalue weighted by Gasteiger charge is 2.24. The van der Waals surface area contributed by atoms with Crippen LogP contribution in [0.25, 0.3) is 0 Å². The zero-order valence-electron chi connectivity index (χ0n) is 12.7. The minimum absolute atomic E-state index is 0.111. The van der Waals surface area contributed by atoms with Gasteiger partial charge < -0.3 is 9.53 Å². The van der Waals surface area contributed by atoms with E-state index in [4.69, 9.17) is 4.43 Å². The van der Waals surface area contributed by atoms with E-state index in [9.17, 15) is 5.11 Å². The van der Waals surface area contributed by atoms with Gasteiger partial charge in [-0.15, -0.1) is 18.1 Å². The maximum Gasteiger partial charge on any atom is 0.0865 e. The minimum atomic E-state index is -1.75. The second-order valence-corrected chi connectivity index (χ2v) is 11.9. The van der Waals surface area contributed by atoms with Gasteiger partial charge in [-0.3, -0.25) is 4.98 Å². The summed E-state index contributed by atoms with van der Waals surface area (Å²) in [6, 6.07) is 1.86. The van der Waals surface area contributed by atoms with Gasteiger partial charge in [0.25, 0.3) is 0 Å². The lowest BCUT2D eigenvalue weighted by Crippen LogP contribution is -2.40. The Hall–Kier alpha value is -0.673. The molecule has 0 atom stereocenters. The predicted octanol–water partition coefficient (Wildman–Crippen LogP) is 3.71. The number of pyridine rings is 1. The summed E-state index contributed by atoms with van der Waals surface area (Å²) in [4.78, 5) is 4.13. The van der Waals surface area contributed by atoms with Crippen molar-refractivity contribution in [2.45, 2.75) is 45.5 Å². The van der Waals surface area contributed by atoms with E-state index in [0.717, 1.165) is 10.0 Å². The maximum atomic E-state index is 9.23.